The topological polar surface area (TPSA) is 15.5 Å². The maximum atomic E-state index is 8.81. The van der Waals surface area contributed by atoms with E-state index in [9.17, 15) is 0 Å². The molecule has 8 aromatic rings. The normalized spacial score (nSPS) is 13.7. The fraction of sp³-hybridized carbons (Fsp3) is 0.516. The third-order valence-corrected chi connectivity index (χ3v) is 17.2. The summed E-state index contributed by atoms with van der Waals surface area (Å²) in [6, 6.07) is 32.7. The maximum Gasteiger partial charge on any atom is 0.212 e. The third kappa shape index (κ3) is 24.2. The van der Waals surface area contributed by atoms with Gasteiger partial charge in [-0.2, -0.15) is 0 Å². The third-order valence-electron chi connectivity index (χ3n) is 17.2. The second-order valence-corrected chi connectivity index (χ2v) is 34.9. The highest BCUT2D eigenvalue weighted by molar-refractivity contribution is 5.66. The van der Waals surface area contributed by atoms with Crippen LogP contribution in [-0.2, 0) is 79.5 Å². The molecule has 0 spiro atoms. The number of rotatable bonds is 12. The monoisotopic (exact) mass is 1290 g/mol. The van der Waals surface area contributed by atoms with Crippen LogP contribution in [0.1, 0.15) is 243 Å². The molecule has 4 aromatic heterocycles. The van der Waals surface area contributed by atoms with Crippen molar-refractivity contribution in [1.82, 2.24) is 0 Å². The smallest absolute Gasteiger partial charge is 0.201 e. The Morgan fingerprint density at radius 3 is 1.03 bits per heavy atom. The van der Waals surface area contributed by atoms with Crippen molar-refractivity contribution in [3.63, 3.8) is 0 Å². The summed E-state index contributed by atoms with van der Waals surface area (Å²) in [6.45, 7) is 57.6. The first-order valence-corrected chi connectivity index (χ1v) is 35.2. The summed E-state index contributed by atoms with van der Waals surface area (Å²) in [4.78, 5) is 0. The van der Waals surface area contributed by atoms with Crippen molar-refractivity contribution in [3.8, 4) is 45.0 Å². The number of benzene rings is 4. The lowest BCUT2D eigenvalue weighted by Gasteiger charge is -2.24. The van der Waals surface area contributed by atoms with Crippen LogP contribution in [0.15, 0.2) is 116 Å². The van der Waals surface area contributed by atoms with Gasteiger partial charge in [0.2, 0.25) is 22.8 Å². The molecule has 0 aliphatic heterocycles. The predicted molar refractivity (Wildman–Crippen MR) is 413 cm³/mol. The van der Waals surface area contributed by atoms with E-state index < -0.39 is 30.4 Å². The van der Waals surface area contributed by atoms with Gasteiger partial charge in [-0.25, -0.2) is 18.3 Å². The molecule has 4 heterocycles. The number of pyridine rings is 4. The van der Waals surface area contributed by atoms with E-state index in [2.05, 4.69) is 265 Å². The second-order valence-electron chi connectivity index (χ2n) is 34.9. The van der Waals surface area contributed by atoms with Gasteiger partial charge >= 0.3 is 0 Å². The number of hydrogen-bond donors (Lipinski definition) is 0. The average Bonchev–Trinajstić information content (AvgIpc) is 0.743. The van der Waals surface area contributed by atoms with E-state index in [1.165, 1.54) is 101 Å². The van der Waals surface area contributed by atoms with Gasteiger partial charge in [0.05, 0.1) is 0 Å². The minimum Gasteiger partial charge on any atom is -0.201 e. The largest absolute Gasteiger partial charge is 0.212 e. The lowest BCUT2D eigenvalue weighted by atomic mass is 9.81. The van der Waals surface area contributed by atoms with E-state index in [-0.39, 0.29) is 16.5 Å². The zero-order chi connectivity index (χ0) is 77.9. The molecule has 95 heavy (non-hydrogen) atoms. The van der Waals surface area contributed by atoms with Crippen molar-refractivity contribution in [2.45, 2.75) is 252 Å². The number of nitrogens with zero attached hydrogens (tertiary/aromatic N) is 4. The Bertz CT molecular complexity index is 4250. The molecule has 0 amide bonds. The Balaban J connectivity index is 0.000000248. The van der Waals surface area contributed by atoms with E-state index in [1.807, 2.05) is 52.3 Å². The van der Waals surface area contributed by atoms with Gasteiger partial charge in [0.15, 0.2) is 24.8 Å². The van der Waals surface area contributed by atoms with E-state index in [0.717, 1.165) is 60.9 Å². The molecule has 0 unspecified atom stereocenters. The van der Waals surface area contributed by atoms with Crippen molar-refractivity contribution >= 4 is 0 Å². The van der Waals surface area contributed by atoms with Crippen LogP contribution in [0.2, 0.25) is 0 Å². The van der Waals surface area contributed by atoms with Gasteiger partial charge in [0, 0.05) is 78.4 Å². The molecule has 0 bridgehead atoms. The first kappa shape index (κ1) is 68.4. The Labute approximate surface area is 593 Å². The lowest BCUT2D eigenvalue weighted by molar-refractivity contribution is -0.661. The van der Waals surface area contributed by atoms with Crippen molar-refractivity contribution < 1.29 is 27.9 Å². The summed E-state index contributed by atoms with van der Waals surface area (Å²) < 4.78 is 67.8. The summed E-state index contributed by atoms with van der Waals surface area (Å²) in [5, 5.41) is 0. The van der Waals surface area contributed by atoms with Crippen LogP contribution < -0.4 is 18.3 Å². The molecule has 8 rings (SSSR count). The molecule has 4 aromatic carbocycles. The minimum absolute atomic E-state index is 0.0312. The summed E-state index contributed by atoms with van der Waals surface area (Å²) in [7, 11) is 8.35. The SMILES string of the molecule is CCc1cc(-c2ccc(C)cc2C)[n+](C)cc1CC(C)(C)C.CCc1ccc(-c2cc(C)c(CC(C)(C)C)c[n+]2C)c(C)c1.Cc1ccc(-c2cc(CC(C)(C)C)c(CC(C)(C)C)c[n+]2C)c(C)c1.[2H]C([2H])([2H])c1cc(C)c(-c2cc(C)c(C([2H])([2H])C(C)(C)C)c[n+]2C)cc1C([2H])([2H])C(C)(C)C. The molecule has 0 fully saturated rings. The van der Waals surface area contributed by atoms with E-state index in [0.29, 0.717) is 21.8 Å². The first-order chi connectivity index (χ1) is 46.3. The molecule has 4 heteroatoms. The highest BCUT2D eigenvalue weighted by atomic mass is 14.9. The van der Waals surface area contributed by atoms with Crippen molar-refractivity contribution in [2.24, 2.45) is 60.7 Å². The van der Waals surface area contributed by atoms with Crippen LogP contribution in [0.5, 0.6) is 0 Å². The predicted octanol–water partition coefficient (Wildman–Crippen LogP) is 22.1. The van der Waals surface area contributed by atoms with Crippen molar-refractivity contribution in [2.75, 3.05) is 0 Å². The fourth-order valence-corrected chi connectivity index (χ4v) is 12.9. The highest BCUT2D eigenvalue weighted by Crippen LogP contribution is 2.35. The minimum atomic E-state index is -2.44. The van der Waals surface area contributed by atoms with Gasteiger partial charge in [-0.1, -0.05) is 192 Å². The van der Waals surface area contributed by atoms with Crippen LogP contribution >= 0.6 is 0 Å². The fourth-order valence-electron chi connectivity index (χ4n) is 12.9. The van der Waals surface area contributed by atoms with Crippen LogP contribution in [-0.4, -0.2) is 0 Å². The van der Waals surface area contributed by atoms with Gasteiger partial charge in [-0.3, -0.25) is 0 Å². The van der Waals surface area contributed by atoms with Gasteiger partial charge in [-0.15, -0.1) is 0 Å². The molecule has 4 nitrogen and oxygen atoms in total. The maximum absolute atomic E-state index is 8.81. The number of aromatic nitrogens is 4. The van der Waals surface area contributed by atoms with E-state index in [1.54, 1.807) is 39.1 Å². The Morgan fingerprint density at radius 2 is 0.632 bits per heavy atom. The van der Waals surface area contributed by atoms with Crippen LogP contribution in [0.3, 0.4) is 0 Å². The van der Waals surface area contributed by atoms with Crippen LogP contribution in [0.25, 0.3) is 45.0 Å². The second kappa shape index (κ2) is 31.8. The van der Waals surface area contributed by atoms with Crippen LogP contribution in [0.4, 0.5) is 0 Å². The molecular formula is C91H134N4+4. The van der Waals surface area contributed by atoms with Crippen LogP contribution in [0, 0.1) is 94.7 Å². The molecular weight excluding hydrogens is 1150 g/mol. The molecule has 0 N–H and O–H groups in total. The Morgan fingerprint density at radius 1 is 0.295 bits per heavy atom. The van der Waals surface area contributed by atoms with Gasteiger partial charge in [0.1, 0.15) is 28.2 Å². The molecule has 0 aliphatic carbocycles. The van der Waals surface area contributed by atoms with Gasteiger partial charge in [-0.05, 0) is 231 Å². The van der Waals surface area contributed by atoms with Crippen molar-refractivity contribution in [1.29, 1.82) is 0 Å². The highest BCUT2D eigenvalue weighted by Gasteiger charge is 2.27. The summed E-state index contributed by atoms with van der Waals surface area (Å²) >= 11 is 0. The van der Waals surface area contributed by atoms with E-state index in [4.69, 9.17) is 9.60 Å². The molecule has 514 valence electrons. The quantitative estimate of drug-likeness (QED) is 0.108. The Hall–Kier alpha value is -6.52. The molecule has 0 saturated heterocycles. The summed E-state index contributed by atoms with van der Waals surface area (Å²) in [6.07, 6.45) is 12.0. The summed E-state index contributed by atoms with van der Waals surface area (Å²) in [5.41, 5.74) is 28.5. The lowest BCUT2D eigenvalue weighted by Crippen LogP contribution is -2.33. The zero-order valence-corrected chi connectivity index (χ0v) is 66.0. The summed E-state index contributed by atoms with van der Waals surface area (Å²) in [5.74, 6) is 0. The number of hydrogen-bond acceptors (Lipinski definition) is 0. The first-order valence-electron chi connectivity index (χ1n) is 38.7. The van der Waals surface area contributed by atoms with Gasteiger partial charge < -0.3 is 0 Å². The molecule has 0 saturated carbocycles. The molecule has 0 radical (unpaired) electrons. The Kier molecular flexibility index (Phi) is 22.9. The zero-order valence-electron chi connectivity index (χ0n) is 73.0. The molecule has 0 atom stereocenters. The standard InChI is InChI=1S/C25H38N.C24H36N.2C21H30N/c1-17-11-19(3)22(13-20(17)14-24(4,5)6)23-12-18(2)21(16-26(23)10)15-25(7,8)9;1-17-10-11-21(18(2)12-17)22-13-19(14-23(3,4)5)20(16-25(22)9)15-24(6,7)8;1-8-17-9-10-19(16(3)11-17)20-12-15(2)18(14-22(20)7)13-21(4,5)6;1-8-17-12-20(19-10-9-15(2)11-16(19)3)22(7)14-18(17)13-21(4,5)6/h11-13,16H,14-15H2,1-10H3;10-13,16H,14-15H2,1-9H3;2*9-12,14H,8,13H2,1-7H3/q4*+1/i1D3,14D2,15D2;;;. The van der Waals surface area contributed by atoms with Gasteiger partial charge in [0.25, 0.3) is 0 Å². The van der Waals surface area contributed by atoms with E-state index >= 15 is 0 Å². The average molecular weight is 1290 g/mol. The molecule has 0 aliphatic rings. The van der Waals surface area contributed by atoms with Crippen molar-refractivity contribution in [3.05, 3.63) is 210 Å². The number of aryl methyl sites for hydroxylation is 15.